The molecule has 0 bridgehead atoms. The zero-order valence-electron chi connectivity index (χ0n) is 12.0. The second-order valence-electron chi connectivity index (χ2n) is 5.49. The molecule has 1 aliphatic rings. The highest BCUT2D eigenvalue weighted by molar-refractivity contribution is 5.91. The van der Waals surface area contributed by atoms with E-state index < -0.39 is 0 Å². The Morgan fingerprint density at radius 1 is 1.30 bits per heavy atom. The predicted molar refractivity (Wildman–Crippen MR) is 83.1 cm³/mol. The number of hydrogen-bond acceptors (Lipinski definition) is 4. The van der Waals surface area contributed by atoms with Gasteiger partial charge >= 0.3 is 0 Å². The van der Waals surface area contributed by atoms with Crippen LogP contribution in [0.3, 0.4) is 0 Å². The van der Waals surface area contributed by atoms with E-state index in [2.05, 4.69) is 44.7 Å². The van der Waals surface area contributed by atoms with Gasteiger partial charge in [0.1, 0.15) is 0 Å². The molecule has 2 heterocycles. The van der Waals surface area contributed by atoms with Crippen LogP contribution in [0.15, 0.2) is 30.5 Å². The third-order valence-corrected chi connectivity index (χ3v) is 4.18. The molecule has 1 saturated heterocycles. The standard InChI is InChI=1S/C16H22N4/c1-17-10-9-14-7-4-5-11-20(14)16-15-8-3-2-6-13(15)12-18-19-16/h2-3,6,8,12,14,17H,4-5,7,9-11H2,1H3. The number of nitrogens with one attached hydrogen (secondary N) is 1. The van der Waals surface area contributed by atoms with Crippen LogP contribution in [0, 0.1) is 0 Å². The van der Waals surface area contributed by atoms with Crippen molar-refractivity contribution >= 4 is 16.6 Å². The van der Waals surface area contributed by atoms with Gasteiger partial charge in [0.15, 0.2) is 5.82 Å². The van der Waals surface area contributed by atoms with Crippen LogP contribution in [0.25, 0.3) is 10.8 Å². The van der Waals surface area contributed by atoms with E-state index >= 15 is 0 Å². The Bertz CT molecular complexity index is 564. The van der Waals surface area contributed by atoms with Gasteiger partial charge in [0.05, 0.1) is 6.20 Å². The Kier molecular flexibility index (Phi) is 4.11. The van der Waals surface area contributed by atoms with Crippen LogP contribution in [0.1, 0.15) is 25.7 Å². The molecule has 106 valence electrons. The lowest BCUT2D eigenvalue weighted by atomic mass is 9.98. The molecule has 0 saturated carbocycles. The number of fused-ring (bicyclic) bond motifs is 1. The summed E-state index contributed by atoms with van der Waals surface area (Å²) in [5, 5.41) is 14.3. The summed E-state index contributed by atoms with van der Waals surface area (Å²) in [5.41, 5.74) is 0. The van der Waals surface area contributed by atoms with Gasteiger partial charge in [-0.25, -0.2) is 0 Å². The summed E-state index contributed by atoms with van der Waals surface area (Å²) in [4.78, 5) is 2.47. The molecular formula is C16H22N4. The highest BCUT2D eigenvalue weighted by atomic mass is 15.3. The Morgan fingerprint density at radius 2 is 2.20 bits per heavy atom. The van der Waals surface area contributed by atoms with Gasteiger partial charge in [0.2, 0.25) is 0 Å². The second kappa shape index (κ2) is 6.18. The molecule has 0 spiro atoms. The van der Waals surface area contributed by atoms with Gasteiger partial charge in [0, 0.05) is 23.4 Å². The minimum absolute atomic E-state index is 0.580. The first kappa shape index (κ1) is 13.3. The average Bonchev–Trinajstić information content (AvgIpc) is 2.53. The molecule has 1 atom stereocenters. The quantitative estimate of drug-likeness (QED) is 0.927. The molecule has 4 heteroatoms. The molecule has 0 amide bonds. The first-order valence-electron chi connectivity index (χ1n) is 7.52. The summed E-state index contributed by atoms with van der Waals surface area (Å²) >= 11 is 0. The zero-order chi connectivity index (χ0) is 13.8. The van der Waals surface area contributed by atoms with E-state index in [1.807, 2.05) is 13.2 Å². The smallest absolute Gasteiger partial charge is 0.159 e. The highest BCUT2D eigenvalue weighted by Gasteiger charge is 2.24. The highest BCUT2D eigenvalue weighted by Crippen LogP contribution is 2.29. The molecule has 0 radical (unpaired) electrons. The van der Waals surface area contributed by atoms with E-state index in [-0.39, 0.29) is 0 Å². The number of hydrogen-bond donors (Lipinski definition) is 1. The maximum atomic E-state index is 4.44. The largest absolute Gasteiger partial charge is 0.352 e. The molecular weight excluding hydrogens is 248 g/mol. The van der Waals surface area contributed by atoms with E-state index in [0.717, 1.165) is 18.9 Å². The maximum absolute atomic E-state index is 4.44. The van der Waals surface area contributed by atoms with Gasteiger partial charge in [-0.3, -0.25) is 0 Å². The lowest BCUT2D eigenvalue weighted by Crippen LogP contribution is -2.41. The summed E-state index contributed by atoms with van der Waals surface area (Å²) in [6, 6.07) is 8.99. The van der Waals surface area contributed by atoms with E-state index in [1.165, 1.54) is 36.5 Å². The number of nitrogens with zero attached hydrogens (tertiary/aromatic N) is 3. The van der Waals surface area contributed by atoms with Crippen molar-refractivity contribution in [3.8, 4) is 0 Å². The third kappa shape index (κ3) is 2.61. The van der Waals surface area contributed by atoms with Crippen molar-refractivity contribution < 1.29 is 0 Å². The summed E-state index contributed by atoms with van der Waals surface area (Å²) < 4.78 is 0. The van der Waals surface area contributed by atoms with Gasteiger partial charge in [0.25, 0.3) is 0 Å². The van der Waals surface area contributed by atoms with Gasteiger partial charge in [-0.2, -0.15) is 5.10 Å². The summed E-state index contributed by atoms with van der Waals surface area (Å²) in [5.74, 6) is 1.06. The Hall–Kier alpha value is -1.68. The molecule has 1 aromatic heterocycles. The summed E-state index contributed by atoms with van der Waals surface area (Å²) in [6.45, 7) is 2.15. The SMILES string of the molecule is CNCCC1CCCCN1c1nncc2ccccc12. The Labute approximate surface area is 120 Å². The van der Waals surface area contributed by atoms with Crippen LogP contribution in [0.4, 0.5) is 5.82 Å². The van der Waals surface area contributed by atoms with Crippen molar-refractivity contribution in [1.82, 2.24) is 15.5 Å². The topological polar surface area (TPSA) is 41.0 Å². The van der Waals surface area contributed by atoms with E-state index in [4.69, 9.17) is 0 Å². The number of piperidine rings is 1. The van der Waals surface area contributed by atoms with Gasteiger partial charge in [-0.1, -0.05) is 24.3 Å². The molecule has 1 N–H and O–H groups in total. The minimum atomic E-state index is 0.580. The summed E-state index contributed by atoms with van der Waals surface area (Å²) in [7, 11) is 2.02. The van der Waals surface area contributed by atoms with E-state index in [1.54, 1.807) is 0 Å². The van der Waals surface area contributed by atoms with Gasteiger partial charge in [-0.15, -0.1) is 5.10 Å². The first-order chi connectivity index (χ1) is 9.90. The first-order valence-corrected chi connectivity index (χ1v) is 7.52. The molecule has 1 aromatic carbocycles. The second-order valence-corrected chi connectivity index (χ2v) is 5.49. The Balaban J connectivity index is 1.95. The number of benzene rings is 1. The van der Waals surface area contributed by atoms with Crippen molar-refractivity contribution in [2.45, 2.75) is 31.7 Å². The van der Waals surface area contributed by atoms with Crippen molar-refractivity contribution in [3.63, 3.8) is 0 Å². The van der Waals surface area contributed by atoms with Gasteiger partial charge < -0.3 is 10.2 Å². The lowest BCUT2D eigenvalue weighted by Gasteiger charge is -2.37. The molecule has 1 aliphatic heterocycles. The lowest BCUT2D eigenvalue weighted by molar-refractivity contribution is 0.430. The molecule has 20 heavy (non-hydrogen) atoms. The van der Waals surface area contributed by atoms with Crippen LogP contribution in [0.2, 0.25) is 0 Å². The molecule has 3 rings (SSSR count). The van der Waals surface area contributed by atoms with Crippen LogP contribution < -0.4 is 10.2 Å². The van der Waals surface area contributed by atoms with Crippen molar-refractivity contribution in [3.05, 3.63) is 30.5 Å². The summed E-state index contributed by atoms with van der Waals surface area (Å²) in [6.07, 6.45) is 6.85. The maximum Gasteiger partial charge on any atom is 0.159 e. The fourth-order valence-electron chi connectivity index (χ4n) is 3.12. The van der Waals surface area contributed by atoms with E-state index in [0.29, 0.717) is 6.04 Å². The molecule has 4 nitrogen and oxygen atoms in total. The zero-order valence-corrected chi connectivity index (χ0v) is 12.0. The third-order valence-electron chi connectivity index (χ3n) is 4.18. The molecule has 2 aromatic rings. The van der Waals surface area contributed by atoms with E-state index in [9.17, 15) is 0 Å². The minimum Gasteiger partial charge on any atom is -0.352 e. The fraction of sp³-hybridized carbons (Fsp3) is 0.500. The Morgan fingerprint density at radius 3 is 3.10 bits per heavy atom. The monoisotopic (exact) mass is 270 g/mol. The van der Waals surface area contributed by atoms with Crippen LogP contribution >= 0.6 is 0 Å². The molecule has 1 fully saturated rings. The van der Waals surface area contributed by atoms with Crippen molar-refractivity contribution in [2.24, 2.45) is 0 Å². The fourth-order valence-corrected chi connectivity index (χ4v) is 3.12. The number of aromatic nitrogens is 2. The molecule has 0 aliphatic carbocycles. The normalized spacial score (nSPS) is 19.4. The number of anilines is 1. The number of rotatable bonds is 4. The average molecular weight is 270 g/mol. The van der Waals surface area contributed by atoms with Crippen LogP contribution in [-0.2, 0) is 0 Å². The van der Waals surface area contributed by atoms with Crippen LogP contribution in [0.5, 0.6) is 0 Å². The van der Waals surface area contributed by atoms with Gasteiger partial charge in [-0.05, 0) is 39.3 Å². The van der Waals surface area contributed by atoms with Crippen molar-refractivity contribution in [1.29, 1.82) is 0 Å². The predicted octanol–water partition coefficient (Wildman–Crippen LogP) is 2.60. The van der Waals surface area contributed by atoms with Crippen molar-refractivity contribution in [2.75, 3.05) is 25.0 Å². The molecule has 1 unspecified atom stereocenters. The van der Waals surface area contributed by atoms with Crippen LogP contribution in [-0.4, -0.2) is 36.4 Å².